The van der Waals surface area contributed by atoms with Gasteiger partial charge < -0.3 is 15.3 Å². The van der Waals surface area contributed by atoms with Crippen molar-refractivity contribution in [3.8, 4) is 11.1 Å². The number of benzene rings is 3. The third-order valence-corrected chi connectivity index (χ3v) is 8.10. The molecular weight excluding hydrogens is 532 g/mol. The maximum absolute atomic E-state index is 12.6. The molecule has 7 nitrogen and oxygen atoms in total. The second-order valence-corrected chi connectivity index (χ2v) is 10.6. The summed E-state index contributed by atoms with van der Waals surface area (Å²) in [6.45, 7) is 1.57. The van der Waals surface area contributed by atoms with Crippen molar-refractivity contribution in [3.05, 3.63) is 119 Å². The standard InChI is InChI=1S/C33H31ClN6O/c1-35-17-18-39(2)32-30(22-7-5-4-6-8-22)31(34)27-20-26(9-11-28(27)38-32)33(41,24-13-15-36-16-14-24)25-10-12-29-23(19-25)21-37-40(29)3/h4-16,19-21,35,41H,17-18H2,1-3H3. The summed E-state index contributed by atoms with van der Waals surface area (Å²) in [7, 11) is 5.87. The fraction of sp³-hybridized carbons (Fsp3) is 0.182. The molecule has 1 unspecified atom stereocenters. The fourth-order valence-corrected chi connectivity index (χ4v) is 5.79. The average Bonchev–Trinajstić information content (AvgIpc) is 3.39. The zero-order chi connectivity index (χ0) is 28.6. The lowest BCUT2D eigenvalue weighted by atomic mass is 9.80. The van der Waals surface area contributed by atoms with E-state index in [-0.39, 0.29) is 0 Å². The molecule has 0 saturated heterocycles. The Morgan fingerprint density at radius 1 is 0.951 bits per heavy atom. The summed E-state index contributed by atoms with van der Waals surface area (Å²) in [5.41, 5.74) is 4.21. The second-order valence-electron chi connectivity index (χ2n) is 10.2. The highest BCUT2D eigenvalue weighted by Crippen LogP contribution is 2.43. The molecule has 0 saturated carbocycles. The first-order valence-corrected chi connectivity index (χ1v) is 13.9. The first kappa shape index (κ1) is 26.9. The minimum Gasteiger partial charge on any atom is -0.376 e. The van der Waals surface area contributed by atoms with Gasteiger partial charge in [-0.3, -0.25) is 9.67 Å². The Morgan fingerprint density at radius 3 is 2.44 bits per heavy atom. The molecule has 6 rings (SSSR count). The summed E-state index contributed by atoms with van der Waals surface area (Å²) in [5.74, 6) is 0.808. The van der Waals surface area contributed by atoms with E-state index in [1.165, 1.54) is 0 Å². The molecule has 206 valence electrons. The molecule has 2 N–H and O–H groups in total. The van der Waals surface area contributed by atoms with Crippen molar-refractivity contribution in [1.82, 2.24) is 25.1 Å². The quantitative estimate of drug-likeness (QED) is 0.245. The van der Waals surface area contributed by atoms with E-state index in [9.17, 15) is 5.11 Å². The van der Waals surface area contributed by atoms with E-state index >= 15 is 0 Å². The molecule has 1 atom stereocenters. The zero-order valence-corrected chi connectivity index (χ0v) is 24.0. The van der Waals surface area contributed by atoms with Crippen molar-refractivity contribution < 1.29 is 5.11 Å². The largest absolute Gasteiger partial charge is 0.376 e. The Bertz CT molecular complexity index is 1840. The molecule has 41 heavy (non-hydrogen) atoms. The molecule has 0 aliphatic heterocycles. The van der Waals surface area contributed by atoms with Crippen LogP contribution in [-0.4, -0.2) is 52.0 Å². The molecule has 0 aliphatic rings. The van der Waals surface area contributed by atoms with Gasteiger partial charge in [-0.15, -0.1) is 0 Å². The summed E-state index contributed by atoms with van der Waals surface area (Å²) in [4.78, 5) is 11.4. The van der Waals surface area contributed by atoms with Crippen molar-refractivity contribution in [2.75, 3.05) is 32.1 Å². The Labute approximate surface area is 244 Å². The third kappa shape index (κ3) is 4.72. The molecule has 3 heterocycles. The highest BCUT2D eigenvalue weighted by Gasteiger charge is 2.35. The number of hydrogen-bond acceptors (Lipinski definition) is 6. The number of pyridine rings is 2. The van der Waals surface area contributed by atoms with Gasteiger partial charge in [0, 0.05) is 55.9 Å². The van der Waals surface area contributed by atoms with E-state index in [4.69, 9.17) is 16.6 Å². The normalized spacial score (nSPS) is 13.0. The summed E-state index contributed by atoms with van der Waals surface area (Å²) >= 11 is 7.27. The molecule has 3 aromatic carbocycles. The van der Waals surface area contributed by atoms with Crippen LogP contribution >= 0.6 is 11.6 Å². The Balaban J connectivity index is 1.59. The van der Waals surface area contributed by atoms with Gasteiger partial charge in [-0.05, 0) is 65.7 Å². The summed E-state index contributed by atoms with van der Waals surface area (Å²) in [6.07, 6.45) is 5.20. The fourth-order valence-electron chi connectivity index (χ4n) is 5.44. The lowest BCUT2D eigenvalue weighted by Crippen LogP contribution is -2.29. The smallest absolute Gasteiger partial charge is 0.140 e. The molecule has 0 amide bonds. The van der Waals surface area contributed by atoms with Crippen LogP contribution in [0.25, 0.3) is 32.9 Å². The van der Waals surface area contributed by atoms with Crippen LogP contribution in [0.15, 0.2) is 97.5 Å². The molecule has 8 heteroatoms. The Kier molecular flexibility index (Phi) is 7.17. The van der Waals surface area contributed by atoms with Gasteiger partial charge >= 0.3 is 0 Å². The van der Waals surface area contributed by atoms with E-state index in [1.807, 2.05) is 111 Å². The van der Waals surface area contributed by atoms with E-state index < -0.39 is 5.60 Å². The molecule has 0 radical (unpaired) electrons. The van der Waals surface area contributed by atoms with Gasteiger partial charge in [0.15, 0.2) is 0 Å². The number of fused-ring (bicyclic) bond motifs is 2. The van der Waals surface area contributed by atoms with Gasteiger partial charge in [-0.25, -0.2) is 4.98 Å². The third-order valence-electron chi connectivity index (χ3n) is 7.70. The predicted octanol–water partition coefficient (Wildman–Crippen LogP) is 5.78. The minimum atomic E-state index is -1.47. The van der Waals surface area contributed by atoms with Gasteiger partial charge in [-0.1, -0.05) is 54.1 Å². The summed E-state index contributed by atoms with van der Waals surface area (Å²) in [5, 5.41) is 22.5. The SMILES string of the molecule is CNCCN(C)c1nc2ccc(C(O)(c3ccncc3)c3ccc4c(cnn4C)c3)cc2c(Cl)c1-c1ccccc1. The van der Waals surface area contributed by atoms with Gasteiger partial charge in [-0.2, -0.15) is 5.10 Å². The minimum absolute atomic E-state index is 0.592. The number of likely N-dealkylation sites (N-methyl/N-ethyl adjacent to an activating group) is 2. The zero-order valence-electron chi connectivity index (χ0n) is 23.2. The number of hydrogen-bond donors (Lipinski definition) is 2. The molecule has 0 aliphatic carbocycles. The van der Waals surface area contributed by atoms with E-state index in [2.05, 4.69) is 20.3 Å². The number of halogens is 1. The van der Waals surface area contributed by atoms with Crippen molar-refractivity contribution >= 4 is 39.2 Å². The van der Waals surface area contributed by atoms with Crippen molar-refractivity contribution in [2.45, 2.75) is 5.60 Å². The molecule has 0 bridgehead atoms. The first-order valence-electron chi connectivity index (χ1n) is 13.5. The van der Waals surface area contributed by atoms with Crippen molar-refractivity contribution in [1.29, 1.82) is 0 Å². The lowest BCUT2D eigenvalue weighted by Gasteiger charge is -2.31. The van der Waals surface area contributed by atoms with Crippen LogP contribution in [0.4, 0.5) is 5.82 Å². The topological polar surface area (TPSA) is 79.1 Å². The number of rotatable bonds is 8. The number of nitrogens with one attached hydrogen (secondary N) is 1. The van der Waals surface area contributed by atoms with Crippen LogP contribution in [-0.2, 0) is 12.6 Å². The maximum atomic E-state index is 12.6. The number of aryl methyl sites for hydroxylation is 1. The van der Waals surface area contributed by atoms with Gasteiger partial charge in [0.05, 0.1) is 22.3 Å². The van der Waals surface area contributed by atoms with Crippen LogP contribution in [0.1, 0.15) is 16.7 Å². The number of anilines is 1. The van der Waals surface area contributed by atoms with E-state index in [1.54, 1.807) is 12.4 Å². The second kappa shape index (κ2) is 10.9. The summed E-state index contributed by atoms with van der Waals surface area (Å²) < 4.78 is 1.82. The molecule has 6 aromatic rings. The van der Waals surface area contributed by atoms with E-state index in [0.29, 0.717) is 16.1 Å². The predicted molar refractivity (Wildman–Crippen MR) is 166 cm³/mol. The first-order chi connectivity index (χ1) is 19.9. The molecule has 3 aromatic heterocycles. The molecule has 0 spiro atoms. The van der Waals surface area contributed by atoms with Crippen LogP contribution in [0.5, 0.6) is 0 Å². The maximum Gasteiger partial charge on any atom is 0.140 e. The number of nitrogens with zero attached hydrogens (tertiary/aromatic N) is 5. The lowest BCUT2D eigenvalue weighted by molar-refractivity contribution is 0.126. The van der Waals surface area contributed by atoms with Crippen molar-refractivity contribution in [2.24, 2.45) is 7.05 Å². The van der Waals surface area contributed by atoms with Gasteiger partial charge in [0.2, 0.25) is 0 Å². The van der Waals surface area contributed by atoms with Crippen LogP contribution < -0.4 is 10.2 Å². The monoisotopic (exact) mass is 562 g/mol. The number of aromatic nitrogens is 4. The number of aliphatic hydroxyl groups is 1. The van der Waals surface area contributed by atoms with Gasteiger partial charge in [0.25, 0.3) is 0 Å². The Morgan fingerprint density at radius 2 is 1.68 bits per heavy atom. The molecular formula is C33H31ClN6O. The highest BCUT2D eigenvalue weighted by atomic mass is 35.5. The summed E-state index contributed by atoms with van der Waals surface area (Å²) in [6, 6.07) is 25.5. The van der Waals surface area contributed by atoms with Crippen LogP contribution in [0, 0.1) is 0 Å². The van der Waals surface area contributed by atoms with Crippen molar-refractivity contribution in [3.63, 3.8) is 0 Å². The van der Waals surface area contributed by atoms with E-state index in [0.717, 1.165) is 57.4 Å². The highest BCUT2D eigenvalue weighted by molar-refractivity contribution is 6.38. The van der Waals surface area contributed by atoms with Crippen LogP contribution in [0.3, 0.4) is 0 Å². The average molecular weight is 563 g/mol. The Hall–Kier alpha value is -4.30. The van der Waals surface area contributed by atoms with Crippen LogP contribution in [0.2, 0.25) is 5.02 Å². The van der Waals surface area contributed by atoms with Gasteiger partial charge in [0.1, 0.15) is 11.4 Å². The molecule has 0 fully saturated rings.